The third-order valence-electron chi connectivity index (χ3n) is 5.93. The quantitative estimate of drug-likeness (QED) is 0.413. The third kappa shape index (κ3) is 3.97. The zero-order valence-electron chi connectivity index (χ0n) is 17.6. The molecular weight excluding hydrogens is 398 g/mol. The molecule has 31 heavy (non-hydrogen) atoms. The standard InChI is InChI=1S/C23H25N3O5/c1-15-13-17-7-3-4-8-19(17)25(15)22(27)16(2)31-23(28)18-9-10-20(21(14-18)26(29)30)24-11-5-6-12-24/h3-4,7-10,14-16H,5-6,11-13H2,1-2H3/t15-,16+/m0/s1. The number of nitrogens with zero attached hydrogens (tertiary/aromatic N) is 3. The lowest BCUT2D eigenvalue weighted by Crippen LogP contribution is -2.43. The van der Waals surface area contributed by atoms with Crippen LogP contribution < -0.4 is 9.80 Å². The monoisotopic (exact) mass is 423 g/mol. The predicted octanol–water partition coefficient (Wildman–Crippen LogP) is 3.72. The summed E-state index contributed by atoms with van der Waals surface area (Å²) < 4.78 is 5.41. The van der Waals surface area contributed by atoms with Crippen LogP contribution in [0, 0.1) is 10.1 Å². The summed E-state index contributed by atoms with van der Waals surface area (Å²) in [5.74, 6) is -1.06. The number of para-hydroxylation sites is 1. The number of esters is 1. The SMILES string of the molecule is C[C@@H](OC(=O)c1ccc(N2CCCC2)c([N+](=O)[O-])c1)C(=O)N1c2ccccc2C[C@@H]1C. The van der Waals surface area contributed by atoms with Crippen LogP contribution in [0.25, 0.3) is 0 Å². The molecule has 0 radical (unpaired) electrons. The minimum absolute atomic E-state index is 0.0353. The highest BCUT2D eigenvalue weighted by Gasteiger charge is 2.35. The Kier molecular flexibility index (Phi) is 5.63. The minimum Gasteiger partial charge on any atom is -0.449 e. The first-order valence-electron chi connectivity index (χ1n) is 10.5. The Balaban J connectivity index is 1.51. The lowest BCUT2D eigenvalue weighted by molar-refractivity contribution is -0.384. The lowest BCUT2D eigenvalue weighted by Gasteiger charge is -2.26. The van der Waals surface area contributed by atoms with Crippen LogP contribution in [0.5, 0.6) is 0 Å². The second-order valence-corrected chi connectivity index (χ2v) is 8.09. The third-order valence-corrected chi connectivity index (χ3v) is 5.93. The van der Waals surface area contributed by atoms with Gasteiger partial charge in [-0.05, 0) is 56.9 Å². The summed E-state index contributed by atoms with van der Waals surface area (Å²) in [5.41, 5.74) is 2.34. The second kappa shape index (κ2) is 8.37. The molecule has 0 bridgehead atoms. The van der Waals surface area contributed by atoms with Gasteiger partial charge < -0.3 is 14.5 Å². The fourth-order valence-corrected chi connectivity index (χ4v) is 4.40. The highest BCUT2D eigenvalue weighted by molar-refractivity contribution is 6.01. The molecule has 162 valence electrons. The number of amides is 1. The van der Waals surface area contributed by atoms with E-state index in [0.29, 0.717) is 5.69 Å². The van der Waals surface area contributed by atoms with Crippen molar-refractivity contribution in [2.45, 2.75) is 45.3 Å². The highest BCUT2D eigenvalue weighted by Crippen LogP contribution is 2.34. The van der Waals surface area contributed by atoms with E-state index in [1.807, 2.05) is 36.1 Å². The van der Waals surface area contributed by atoms with Gasteiger partial charge in [-0.2, -0.15) is 0 Å². The fourth-order valence-electron chi connectivity index (χ4n) is 4.40. The zero-order valence-corrected chi connectivity index (χ0v) is 17.6. The maximum Gasteiger partial charge on any atom is 0.339 e. The van der Waals surface area contributed by atoms with Crippen LogP contribution in [0.2, 0.25) is 0 Å². The van der Waals surface area contributed by atoms with E-state index in [9.17, 15) is 19.7 Å². The van der Waals surface area contributed by atoms with Gasteiger partial charge in [-0.15, -0.1) is 0 Å². The van der Waals surface area contributed by atoms with Crippen molar-refractivity contribution in [3.05, 3.63) is 63.7 Å². The van der Waals surface area contributed by atoms with Crippen LogP contribution >= 0.6 is 0 Å². The first kappa shape index (κ1) is 20.8. The van der Waals surface area contributed by atoms with Gasteiger partial charge in [-0.25, -0.2) is 4.79 Å². The van der Waals surface area contributed by atoms with Crippen LogP contribution in [0.3, 0.4) is 0 Å². The van der Waals surface area contributed by atoms with Gasteiger partial charge in [0.1, 0.15) is 5.69 Å². The Morgan fingerprint density at radius 2 is 1.84 bits per heavy atom. The number of nitro groups is 1. The number of benzene rings is 2. The van der Waals surface area contributed by atoms with Crippen molar-refractivity contribution in [1.29, 1.82) is 0 Å². The number of anilines is 2. The topological polar surface area (TPSA) is 93.0 Å². The molecule has 1 saturated heterocycles. The number of fused-ring (bicyclic) bond motifs is 1. The second-order valence-electron chi connectivity index (χ2n) is 8.09. The van der Waals surface area contributed by atoms with Gasteiger partial charge in [-0.3, -0.25) is 14.9 Å². The van der Waals surface area contributed by atoms with Gasteiger partial charge in [0.25, 0.3) is 11.6 Å². The Morgan fingerprint density at radius 1 is 1.13 bits per heavy atom. The normalized spacial score (nSPS) is 18.6. The van der Waals surface area contributed by atoms with Crippen LogP contribution in [0.15, 0.2) is 42.5 Å². The van der Waals surface area contributed by atoms with E-state index in [-0.39, 0.29) is 23.2 Å². The van der Waals surface area contributed by atoms with E-state index in [2.05, 4.69) is 0 Å². The van der Waals surface area contributed by atoms with Crippen molar-refractivity contribution in [2.24, 2.45) is 0 Å². The Bertz CT molecular complexity index is 1030. The molecule has 2 heterocycles. The van der Waals surface area contributed by atoms with Crippen molar-refractivity contribution in [3.8, 4) is 0 Å². The Hall–Kier alpha value is -3.42. The number of hydrogen-bond donors (Lipinski definition) is 0. The molecule has 0 unspecified atom stereocenters. The number of carbonyl (C=O) groups is 2. The van der Waals surface area contributed by atoms with Crippen LogP contribution in [-0.2, 0) is 16.0 Å². The van der Waals surface area contributed by atoms with Gasteiger partial charge in [0.2, 0.25) is 0 Å². The van der Waals surface area contributed by atoms with Crippen molar-refractivity contribution < 1.29 is 19.2 Å². The molecule has 8 nitrogen and oxygen atoms in total. The molecule has 1 fully saturated rings. The molecule has 4 rings (SSSR count). The summed E-state index contributed by atoms with van der Waals surface area (Å²) in [4.78, 5) is 40.4. The number of carbonyl (C=O) groups excluding carboxylic acids is 2. The van der Waals surface area contributed by atoms with Crippen LogP contribution in [-0.4, -0.2) is 42.0 Å². The summed E-state index contributed by atoms with van der Waals surface area (Å²) in [6.45, 7) is 4.99. The summed E-state index contributed by atoms with van der Waals surface area (Å²) in [7, 11) is 0. The highest BCUT2D eigenvalue weighted by atomic mass is 16.6. The number of hydrogen-bond acceptors (Lipinski definition) is 6. The average molecular weight is 423 g/mol. The zero-order chi connectivity index (χ0) is 22.1. The van der Waals surface area contributed by atoms with E-state index in [1.54, 1.807) is 11.0 Å². The van der Waals surface area contributed by atoms with Gasteiger partial charge >= 0.3 is 5.97 Å². The van der Waals surface area contributed by atoms with E-state index in [0.717, 1.165) is 43.6 Å². The first-order valence-corrected chi connectivity index (χ1v) is 10.5. The lowest BCUT2D eigenvalue weighted by atomic mass is 10.1. The summed E-state index contributed by atoms with van der Waals surface area (Å²) in [6.07, 6.45) is 1.70. The van der Waals surface area contributed by atoms with Gasteiger partial charge in [-0.1, -0.05) is 18.2 Å². The van der Waals surface area contributed by atoms with Gasteiger partial charge in [0, 0.05) is 30.9 Å². The maximum absolute atomic E-state index is 13.0. The molecule has 2 atom stereocenters. The van der Waals surface area contributed by atoms with Crippen molar-refractivity contribution in [1.82, 2.24) is 0 Å². The van der Waals surface area contributed by atoms with Crippen molar-refractivity contribution in [2.75, 3.05) is 22.9 Å². The molecule has 2 aromatic carbocycles. The van der Waals surface area contributed by atoms with Crippen molar-refractivity contribution >= 4 is 28.9 Å². The van der Waals surface area contributed by atoms with E-state index in [1.165, 1.54) is 19.1 Å². The molecule has 0 N–H and O–H groups in total. The molecule has 8 heteroatoms. The Labute approximate surface area is 180 Å². The molecule has 2 aliphatic heterocycles. The van der Waals surface area contributed by atoms with E-state index in [4.69, 9.17) is 4.74 Å². The molecule has 1 amide bonds. The fraction of sp³-hybridized carbons (Fsp3) is 0.391. The van der Waals surface area contributed by atoms with E-state index >= 15 is 0 Å². The number of rotatable bonds is 5. The van der Waals surface area contributed by atoms with Gasteiger partial charge in [0.05, 0.1) is 10.5 Å². The molecular formula is C23H25N3O5. The first-order chi connectivity index (χ1) is 14.9. The van der Waals surface area contributed by atoms with Gasteiger partial charge in [0.15, 0.2) is 6.10 Å². The summed E-state index contributed by atoms with van der Waals surface area (Å²) in [5, 5.41) is 11.6. The molecule has 0 saturated carbocycles. The Morgan fingerprint density at radius 3 is 2.55 bits per heavy atom. The van der Waals surface area contributed by atoms with Crippen molar-refractivity contribution in [3.63, 3.8) is 0 Å². The smallest absolute Gasteiger partial charge is 0.339 e. The average Bonchev–Trinajstić information content (AvgIpc) is 3.39. The minimum atomic E-state index is -1.02. The number of nitro benzene ring substituents is 1. The van der Waals surface area contributed by atoms with Crippen LogP contribution in [0.1, 0.15) is 42.6 Å². The molecule has 2 aromatic rings. The number of ether oxygens (including phenoxy) is 1. The molecule has 0 spiro atoms. The maximum atomic E-state index is 13.0. The largest absolute Gasteiger partial charge is 0.449 e. The summed E-state index contributed by atoms with van der Waals surface area (Å²) >= 11 is 0. The molecule has 2 aliphatic rings. The predicted molar refractivity (Wildman–Crippen MR) is 117 cm³/mol. The molecule has 0 aromatic heterocycles. The molecule has 0 aliphatic carbocycles. The van der Waals surface area contributed by atoms with Crippen LogP contribution in [0.4, 0.5) is 17.1 Å². The summed E-state index contributed by atoms with van der Waals surface area (Å²) in [6, 6.07) is 12.0. The van der Waals surface area contributed by atoms with E-state index < -0.39 is 17.0 Å².